The summed E-state index contributed by atoms with van der Waals surface area (Å²) in [5.74, 6) is -1.04. The standard InChI is InChI=1S/C20H19FN2O4/c1-22(10-11-24)18-17(13-6-8-16(27-2)9-7-13)19(25)23(20(18)26)15-5-3-4-14(21)12-15/h3-9,12,24H,10-11H2,1-2H3. The van der Waals surface area contributed by atoms with Crippen LogP contribution in [0.15, 0.2) is 54.2 Å². The number of ether oxygens (including phenoxy) is 1. The van der Waals surface area contributed by atoms with Crippen LogP contribution in [0.25, 0.3) is 5.57 Å². The molecule has 140 valence electrons. The quantitative estimate of drug-likeness (QED) is 0.788. The largest absolute Gasteiger partial charge is 0.497 e. The molecule has 0 fully saturated rings. The Morgan fingerprint density at radius 2 is 1.81 bits per heavy atom. The van der Waals surface area contributed by atoms with Crippen LogP contribution in [-0.4, -0.2) is 49.1 Å². The highest BCUT2D eigenvalue weighted by Gasteiger charge is 2.41. The summed E-state index contributed by atoms with van der Waals surface area (Å²) >= 11 is 0. The van der Waals surface area contributed by atoms with Crippen LogP contribution >= 0.6 is 0 Å². The SMILES string of the molecule is COc1ccc(C2=C(N(C)CCO)C(=O)N(c3cccc(F)c3)C2=O)cc1. The monoisotopic (exact) mass is 370 g/mol. The Bertz CT molecular complexity index is 908. The fraction of sp³-hybridized carbons (Fsp3) is 0.200. The highest BCUT2D eigenvalue weighted by Crippen LogP contribution is 2.34. The molecule has 1 heterocycles. The normalized spacial score (nSPS) is 14.1. The predicted molar refractivity (Wildman–Crippen MR) is 98.5 cm³/mol. The number of hydrogen-bond acceptors (Lipinski definition) is 5. The third-order valence-electron chi connectivity index (χ3n) is 4.32. The van der Waals surface area contributed by atoms with Crippen molar-refractivity contribution in [3.63, 3.8) is 0 Å². The van der Waals surface area contributed by atoms with Gasteiger partial charge in [0.25, 0.3) is 11.8 Å². The van der Waals surface area contributed by atoms with Crippen LogP contribution in [0.1, 0.15) is 5.56 Å². The molecular formula is C20H19FN2O4. The molecule has 0 bridgehead atoms. The number of likely N-dealkylation sites (N-methyl/N-ethyl adjacent to an activating group) is 1. The first-order valence-electron chi connectivity index (χ1n) is 8.33. The number of nitrogens with zero attached hydrogens (tertiary/aromatic N) is 2. The smallest absolute Gasteiger partial charge is 0.282 e. The molecule has 2 aromatic rings. The van der Waals surface area contributed by atoms with Crippen LogP contribution in [-0.2, 0) is 9.59 Å². The van der Waals surface area contributed by atoms with Gasteiger partial charge in [-0.05, 0) is 35.9 Å². The summed E-state index contributed by atoms with van der Waals surface area (Å²) in [5.41, 5.74) is 1.04. The lowest BCUT2D eigenvalue weighted by atomic mass is 10.0. The minimum absolute atomic E-state index is 0.156. The van der Waals surface area contributed by atoms with Gasteiger partial charge in [-0.2, -0.15) is 0 Å². The van der Waals surface area contributed by atoms with Gasteiger partial charge in [-0.25, -0.2) is 9.29 Å². The fourth-order valence-corrected chi connectivity index (χ4v) is 3.00. The molecule has 0 radical (unpaired) electrons. The van der Waals surface area contributed by atoms with Gasteiger partial charge in [0.1, 0.15) is 17.3 Å². The molecular weight excluding hydrogens is 351 g/mol. The van der Waals surface area contributed by atoms with Crippen LogP contribution < -0.4 is 9.64 Å². The van der Waals surface area contributed by atoms with Gasteiger partial charge in [0.2, 0.25) is 0 Å². The summed E-state index contributed by atoms with van der Waals surface area (Å²) in [5, 5.41) is 9.25. The predicted octanol–water partition coefficient (Wildman–Crippen LogP) is 2.04. The number of carbonyl (C=O) groups is 2. The van der Waals surface area contributed by atoms with Gasteiger partial charge in [-0.1, -0.05) is 18.2 Å². The maximum atomic E-state index is 13.6. The Balaban J connectivity index is 2.11. The topological polar surface area (TPSA) is 70.1 Å². The second-order valence-electron chi connectivity index (χ2n) is 6.02. The molecule has 1 aliphatic heterocycles. The fourth-order valence-electron chi connectivity index (χ4n) is 3.00. The van der Waals surface area contributed by atoms with Gasteiger partial charge in [0, 0.05) is 13.6 Å². The van der Waals surface area contributed by atoms with E-state index in [1.807, 2.05) is 0 Å². The molecule has 2 amide bonds. The number of benzene rings is 2. The number of imide groups is 1. The van der Waals surface area contributed by atoms with Crippen LogP contribution in [0, 0.1) is 5.82 Å². The van der Waals surface area contributed by atoms with Gasteiger partial charge in [0.05, 0.1) is 25.0 Å². The summed E-state index contributed by atoms with van der Waals surface area (Å²) in [4.78, 5) is 28.6. The first-order valence-corrected chi connectivity index (χ1v) is 8.33. The molecule has 0 aromatic heterocycles. The lowest BCUT2D eigenvalue weighted by Gasteiger charge is -2.20. The van der Waals surface area contributed by atoms with Crippen molar-refractivity contribution in [1.82, 2.24) is 4.90 Å². The van der Waals surface area contributed by atoms with Crippen molar-refractivity contribution in [3.8, 4) is 5.75 Å². The molecule has 3 rings (SSSR count). The maximum Gasteiger partial charge on any atom is 0.282 e. The van der Waals surface area contributed by atoms with E-state index < -0.39 is 17.6 Å². The van der Waals surface area contributed by atoms with Crippen molar-refractivity contribution < 1.29 is 23.8 Å². The average Bonchev–Trinajstić information content (AvgIpc) is 2.92. The number of amides is 2. The van der Waals surface area contributed by atoms with Crippen molar-refractivity contribution >= 4 is 23.1 Å². The number of rotatable bonds is 6. The second kappa shape index (κ2) is 7.59. The lowest BCUT2D eigenvalue weighted by molar-refractivity contribution is -0.120. The lowest BCUT2D eigenvalue weighted by Crippen LogP contribution is -2.34. The third-order valence-corrected chi connectivity index (χ3v) is 4.32. The number of aliphatic hydroxyl groups excluding tert-OH is 1. The molecule has 0 atom stereocenters. The van der Waals surface area contributed by atoms with E-state index in [1.54, 1.807) is 31.3 Å². The Morgan fingerprint density at radius 1 is 1.11 bits per heavy atom. The maximum absolute atomic E-state index is 13.6. The summed E-state index contributed by atoms with van der Waals surface area (Å²) in [6.07, 6.45) is 0. The number of hydrogen-bond donors (Lipinski definition) is 1. The van der Waals surface area contributed by atoms with Gasteiger partial charge >= 0.3 is 0 Å². The zero-order valence-corrected chi connectivity index (χ0v) is 15.0. The summed E-state index contributed by atoms with van der Waals surface area (Å²) in [7, 11) is 3.15. The molecule has 2 aromatic carbocycles. The van der Waals surface area contributed by atoms with E-state index in [1.165, 1.54) is 30.2 Å². The molecule has 0 spiro atoms. The van der Waals surface area contributed by atoms with E-state index in [0.717, 1.165) is 11.0 Å². The molecule has 0 saturated heterocycles. The minimum Gasteiger partial charge on any atom is -0.497 e. The van der Waals surface area contributed by atoms with E-state index in [0.29, 0.717) is 11.3 Å². The third kappa shape index (κ3) is 3.41. The first-order chi connectivity index (χ1) is 13.0. The van der Waals surface area contributed by atoms with Gasteiger partial charge in [0.15, 0.2) is 0 Å². The summed E-state index contributed by atoms with van der Waals surface area (Å²) in [6, 6.07) is 12.1. The molecule has 0 saturated carbocycles. The van der Waals surface area contributed by atoms with Crippen molar-refractivity contribution in [3.05, 3.63) is 65.6 Å². The zero-order valence-electron chi connectivity index (χ0n) is 15.0. The Kier molecular flexibility index (Phi) is 5.23. The highest BCUT2D eigenvalue weighted by molar-refractivity contribution is 6.45. The van der Waals surface area contributed by atoms with Crippen LogP contribution in [0.5, 0.6) is 5.75 Å². The molecule has 1 N–H and O–H groups in total. The number of carbonyl (C=O) groups excluding carboxylic acids is 2. The van der Waals surface area contributed by atoms with Crippen molar-refractivity contribution in [2.24, 2.45) is 0 Å². The Hall–Kier alpha value is -3.19. The summed E-state index contributed by atoms with van der Waals surface area (Å²) < 4.78 is 18.8. The number of halogens is 1. The molecule has 0 unspecified atom stereocenters. The number of methoxy groups -OCH3 is 1. The Morgan fingerprint density at radius 3 is 2.41 bits per heavy atom. The van der Waals surface area contributed by atoms with Gasteiger partial charge in [-0.15, -0.1) is 0 Å². The van der Waals surface area contributed by atoms with Crippen molar-refractivity contribution in [2.75, 3.05) is 32.2 Å². The number of aliphatic hydroxyl groups is 1. The van der Waals surface area contributed by atoms with Crippen LogP contribution in [0.2, 0.25) is 0 Å². The van der Waals surface area contributed by atoms with E-state index in [2.05, 4.69) is 0 Å². The molecule has 6 nitrogen and oxygen atoms in total. The van der Waals surface area contributed by atoms with E-state index in [-0.39, 0.29) is 30.1 Å². The molecule has 0 aliphatic carbocycles. The van der Waals surface area contributed by atoms with Crippen LogP contribution in [0.3, 0.4) is 0 Å². The zero-order chi connectivity index (χ0) is 19.6. The van der Waals surface area contributed by atoms with E-state index in [9.17, 15) is 19.1 Å². The molecule has 7 heteroatoms. The highest BCUT2D eigenvalue weighted by atomic mass is 19.1. The van der Waals surface area contributed by atoms with Gasteiger partial charge in [-0.3, -0.25) is 9.59 Å². The number of anilines is 1. The molecule has 27 heavy (non-hydrogen) atoms. The average molecular weight is 370 g/mol. The van der Waals surface area contributed by atoms with E-state index >= 15 is 0 Å². The van der Waals surface area contributed by atoms with Crippen molar-refractivity contribution in [2.45, 2.75) is 0 Å². The van der Waals surface area contributed by atoms with E-state index in [4.69, 9.17) is 4.74 Å². The first kappa shape index (κ1) is 18.6. The minimum atomic E-state index is -0.563. The second-order valence-corrected chi connectivity index (χ2v) is 6.02. The van der Waals surface area contributed by atoms with Crippen LogP contribution in [0.4, 0.5) is 10.1 Å². The van der Waals surface area contributed by atoms with Gasteiger partial charge < -0.3 is 14.7 Å². The summed E-state index contributed by atoms with van der Waals surface area (Å²) in [6.45, 7) is -0.0116. The van der Waals surface area contributed by atoms with Crippen molar-refractivity contribution in [1.29, 1.82) is 0 Å². The molecule has 1 aliphatic rings. The Labute approximate surface area is 156 Å².